The largest absolute Gasteiger partial charge is 0.326 e. The summed E-state index contributed by atoms with van der Waals surface area (Å²) in [5.41, 5.74) is 9.74. The molecule has 1 aromatic rings. The van der Waals surface area contributed by atoms with Crippen molar-refractivity contribution in [3.8, 4) is 0 Å². The highest BCUT2D eigenvalue weighted by Gasteiger charge is 2.21. The predicted molar refractivity (Wildman–Crippen MR) is 77.3 cm³/mol. The molecule has 2 unspecified atom stereocenters. The Kier molecular flexibility index (Phi) is 4.41. The number of piperidine rings is 1. The number of nitrogens with two attached hydrogens (primary N) is 1. The van der Waals surface area contributed by atoms with Crippen molar-refractivity contribution < 1.29 is 0 Å². The molecule has 0 radical (unpaired) electrons. The number of nitrogens with zero attached hydrogens (tertiary/aromatic N) is 1. The maximum atomic E-state index is 5.68. The molecule has 1 heterocycles. The Hall–Kier alpha value is -0.860. The fourth-order valence-corrected chi connectivity index (χ4v) is 3.22. The number of benzene rings is 1. The van der Waals surface area contributed by atoms with Crippen molar-refractivity contribution in [3.63, 3.8) is 0 Å². The third-order valence-electron chi connectivity index (χ3n) is 3.98. The molecule has 0 bridgehead atoms. The zero-order valence-corrected chi connectivity index (χ0v) is 11.9. The van der Waals surface area contributed by atoms with E-state index in [1.54, 1.807) is 0 Å². The van der Waals surface area contributed by atoms with Crippen LogP contribution in [0.5, 0.6) is 0 Å². The van der Waals surface area contributed by atoms with Gasteiger partial charge >= 0.3 is 0 Å². The average Bonchev–Trinajstić information content (AvgIpc) is 2.30. The first-order valence-corrected chi connectivity index (χ1v) is 7.09. The molecule has 2 atom stereocenters. The van der Waals surface area contributed by atoms with Gasteiger partial charge in [-0.05, 0) is 41.9 Å². The summed E-state index contributed by atoms with van der Waals surface area (Å²) >= 11 is 0. The van der Waals surface area contributed by atoms with Crippen molar-refractivity contribution in [3.05, 3.63) is 34.9 Å². The van der Waals surface area contributed by atoms with Crippen molar-refractivity contribution in [2.75, 3.05) is 13.1 Å². The molecule has 18 heavy (non-hydrogen) atoms. The monoisotopic (exact) mass is 246 g/mol. The topological polar surface area (TPSA) is 29.3 Å². The molecule has 2 nitrogen and oxygen atoms in total. The minimum atomic E-state index is 0.638. The van der Waals surface area contributed by atoms with Crippen LogP contribution in [0.15, 0.2) is 18.2 Å². The summed E-state index contributed by atoms with van der Waals surface area (Å²) < 4.78 is 0. The minimum Gasteiger partial charge on any atom is -0.326 e. The number of likely N-dealkylation sites (tertiary alicyclic amines) is 1. The SMILES string of the molecule is Cc1cc(CN)ccc1CN1CC(C)CC(C)C1. The van der Waals surface area contributed by atoms with Crippen LogP contribution in [0.3, 0.4) is 0 Å². The quantitative estimate of drug-likeness (QED) is 0.888. The summed E-state index contributed by atoms with van der Waals surface area (Å²) in [6.45, 7) is 11.1. The van der Waals surface area contributed by atoms with Gasteiger partial charge in [0.1, 0.15) is 0 Å². The second-order valence-electron chi connectivity index (χ2n) is 6.11. The minimum absolute atomic E-state index is 0.638. The van der Waals surface area contributed by atoms with E-state index in [9.17, 15) is 0 Å². The van der Waals surface area contributed by atoms with E-state index in [2.05, 4.69) is 43.9 Å². The maximum absolute atomic E-state index is 5.68. The molecule has 0 aromatic heterocycles. The number of hydrogen-bond acceptors (Lipinski definition) is 2. The fourth-order valence-electron chi connectivity index (χ4n) is 3.22. The molecule has 100 valence electrons. The van der Waals surface area contributed by atoms with E-state index >= 15 is 0 Å². The molecule has 0 amide bonds. The van der Waals surface area contributed by atoms with E-state index in [4.69, 9.17) is 5.73 Å². The summed E-state index contributed by atoms with van der Waals surface area (Å²) in [6, 6.07) is 6.65. The van der Waals surface area contributed by atoms with Crippen LogP contribution in [-0.4, -0.2) is 18.0 Å². The van der Waals surface area contributed by atoms with Gasteiger partial charge in [0.15, 0.2) is 0 Å². The summed E-state index contributed by atoms with van der Waals surface area (Å²) in [6.07, 6.45) is 1.38. The number of aryl methyl sites for hydroxylation is 1. The van der Waals surface area contributed by atoms with Crippen LogP contribution in [0.1, 0.15) is 37.0 Å². The lowest BCUT2D eigenvalue weighted by Crippen LogP contribution is -2.38. The average molecular weight is 246 g/mol. The molecule has 1 aliphatic heterocycles. The Bertz CT molecular complexity index is 390. The standard InChI is InChI=1S/C16H26N2/c1-12-6-13(2)10-18(9-12)11-16-5-4-15(8-17)7-14(16)3/h4-5,7,12-13H,6,8-11,17H2,1-3H3. The molecule has 0 spiro atoms. The third kappa shape index (κ3) is 3.33. The van der Waals surface area contributed by atoms with E-state index in [0.29, 0.717) is 6.54 Å². The molecule has 2 heteroatoms. The number of hydrogen-bond donors (Lipinski definition) is 1. The fraction of sp³-hybridized carbons (Fsp3) is 0.625. The molecule has 2 N–H and O–H groups in total. The maximum Gasteiger partial charge on any atom is 0.0236 e. The highest BCUT2D eigenvalue weighted by molar-refractivity contribution is 5.31. The van der Waals surface area contributed by atoms with Gasteiger partial charge in [-0.25, -0.2) is 0 Å². The zero-order valence-electron chi connectivity index (χ0n) is 11.9. The van der Waals surface area contributed by atoms with Crippen LogP contribution < -0.4 is 5.73 Å². The van der Waals surface area contributed by atoms with Gasteiger partial charge in [0, 0.05) is 26.2 Å². The summed E-state index contributed by atoms with van der Waals surface area (Å²) in [4.78, 5) is 2.60. The van der Waals surface area contributed by atoms with Gasteiger partial charge < -0.3 is 5.73 Å². The first-order chi connectivity index (χ1) is 8.58. The lowest BCUT2D eigenvalue weighted by molar-refractivity contribution is 0.134. The van der Waals surface area contributed by atoms with E-state index in [1.807, 2.05) is 0 Å². The Morgan fingerprint density at radius 2 is 1.89 bits per heavy atom. The first kappa shape index (κ1) is 13.6. The molecule has 0 saturated carbocycles. The van der Waals surface area contributed by atoms with Crippen molar-refractivity contribution in [2.45, 2.75) is 40.3 Å². The molecule has 1 aromatic carbocycles. The van der Waals surface area contributed by atoms with Crippen molar-refractivity contribution in [1.29, 1.82) is 0 Å². The van der Waals surface area contributed by atoms with Crippen LogP contribution >= 0.6 is 0 Å². The van der Waals surface area contributed by atoms with Gasteiger partial charge in [-0.3, -0.25) is 4.90 Å². The van der Waals surface area contributed by atoms with Crippen LogP contribution in [0.4, 0.5) is 0 Å². The lowest BCUT2D eigenvalue weighted by atomic mass is 9.91. The Morgan fingerprint density at radius 3 is 2.44 bits per heavy atom. The van der Waals surface area contributed by atoms with E-state index in [-0.39, 0.29) is 0 Å². The summed E-state index contributed by atoms with van der Waals surface area (Å²) in [7, 11) is 0. The molecule has 1 fully saturated rings. The molecular weight excluding hydrogens is 220 g/mol. The smallest absolute Gasteiger partial charge is 0.0236 e. The highest BCUT2D eigenvalue weighted by atomic mass is 15.1. The summed E-state index contributed by atoms with van der Waals surface area (Å²) in [5.74, 6) is 1.66. The molecule has 2 rings (SSSR count). The molecule has 1 aliphatic rings. The van der Waals surface area contributed by atoms with E-state index in [0.717, 1.165) is 18.4 Å². The molecular formula is C16H26N2. The van der Waals surface area contributed by atoms with Gasteiger partial charge in [0.25, 0.3) is 0 Å². The van der Waals surface area contributed by atoms with Crippen LogP contribution in [0.2, 0.25) is 0 Å². The van der Waals surface area contributed by atoms with E-state index < -0.39 is 0 Å². The summed E-state index contributed by atoms with van der Waals surface area (Å²) in [5, 5.41) is 0. The Balaban J connectivity index is 2.04. The Morgan fingerprint density at radius 1 is 1.22 bits per heavy atom. The van der Waals surface area contributed by atoms with Gasteiger partial charge in [-0.2, -0.15) is 0 Å². The van der Waals surface area contributed by atoms with E-state index in [1.165, 1.54) is 36.2 Å². The molecule has 0 aliphatic carbocycles. The normalized spacial score (nSPS) is 25.3. The highest BCUT2D eigenvalue weighted by Crippen LogP contribution is 2.23. The lowest BCUT2D eigenvalue weighted by Gasteiger charge is -2.35. The van der Waals surface area contributed by atoms with Crippen LogP contribution in [0, 0.1) is 18.8 Å². The van der Waals surface area contributed by atoms with Gasteiger partial charge in [-0.1, -0.05) is 32.0 Å². The van der Waals surface area contributed by atoms with Gasteiger partial charge in [-0.15, -0.1) is 0 Å². The zero-order chi connectivity index (χ0) is 13.1. The first-order valence-electron chi connectivity index (χ1n) is 7.09. The van der Waals surface area contributed by atoms with Crippen LogP contribution in [-0.2, 0) is 13.1 Å². The predicted octanol–water partition coefficient (Wildman–Crippen LogP) is 2.93. The third-order valence-corrected chi connectivity index (χ3v) is 3.98. The van der Waals surface area contributed by atoms with Gasteiger partial charge in [0.05, 0.1) is 0 Å². The Labute approximate surface area is 111 Å². The van der Waals surface area contributed by atoms with Crippen molar-refractivity contribution >= 4 is 0 Å². The van der Waals surface area contributed by atoms with Crippen molar-refractivity contribution in [2.24, 2.45) is 17.6 Å². The second-order valence-corrected chi connectivity index (χ2v) is 6.11. The van der Waals surface area contributed by atoms with Crippen LogP contribution in [0.25, 0.3) is 0 Å². The van der Waals surface area contributed by atoms with Crippen molar-refractivity contribution in [1.82, 2.24) is 4.90 Å². The second kappa shape index (κ2) is 5.85. The number of rotatable bonds is 3. The van der Waals surface area contributed by atoms with Gasteiger partial charge in [0.2, 0.25) is 0 Å². The molecule has 1 saturated heterocycles.